The van der Waals surface area contributed by atoms with E-state index in [1.54, 1.807) is 24.3 Å². The van der Waals surface area contributed by atoms with Crippen molar-refractivity contribution < 1.29 is 13.2 Å². The minimum Gasteiger partial charge on any atom is -0.322 e. The molecule has 0 radical (unpaired) electrons. The molecule has 2 aromatic rings. The second kappa shape index (κ2) is 4.33. The molecule has 1 atom stereocenters. The Labute approximate surface area is 96.3 Å². The van der Waals surface area contributed by atoms with E-state index in [0.29, 0.717) is 5.52 Å². The molecule has 0 aliphatic rings. The molecule has 1 unspecified atom stereocenters. The number of nitrogens with zero attached hydrogens (tertiary/aromatic N) is 1. The molecule has 0 saturated heterocycles. The monoisotopic (exact) mass is 240 g/mol. The van der Waals surface area contributed by atoms with Gasteiger partial charge in [-0.15, -0.1) is 0 Å². The number of hydrogen-bond donors (Lipinski definition) is 1. The first-order valence-electron chi connectivity index (χ1n) is 5.14. The van der Waals surface area contributed by atoms with Crippen molar-refractivity contribution in [2.24, 2.45) is 5.73 Å². The fourth-order valence-corrected chi connectivity index (χ4v) is 1.64. The highest BCUT2D eigenvalue weighted by Gasteiger charge is 2.31. The first-order chi connectivity index (χ1) is 7.96. The summed E-state index contributed by atoms with van der Waals surface area (Å²) in [5.74, 6) is 0. The zero-order valence-electron chi connectivity index (χ0n) is 8.91. The predicted molar refractivity (Wildman–Crippen MR) is 59.3 cm³/mol. The molecule has 0 aliphatic carbocycles. The number of fused-ring (bicyclic) bond motifs is 1. The average molecular weight is 240 g/mol. The van der Waals surface area contributed by atoms with Crippen molar-refractivity contribution in [1.29, 1.82) is 0 Å². The lowest BCUT2D eigenvalue weighted by molar-refractivity contribution is -0.138. The number of hydrogen-bond acceptors (Lipinski definition) is 2. The van der Waals surface area contributed by atoms with Crippen LogP contribution in [0.1, 0.15) is 18.2 Å². The molecular weight excluding hydrogens is 229 g/mol. The maximum atomic E-state index is 12.2. The van der Waals surface area contributed by atoms with E-state index < -0.39 is 18.6 Å². The van der Waals surface area contributed by atoms with E-state index >= 15 is 0 Å². The highest BCUT2D eigenvalue weighted by molar-refractivity contribution is 5.78. The van der Waals surface area contributed by atoms with Gasteiger partial charge in [-0.25, -0.2) is 0 Å². The van der Waals surface area contributed by atoms with Crippen LogP contribution >= 0.6 is 0 Å². The molecule has 0 bridgehead atoms. The van der Waals surface area contributed by atoms with Gasteiger partial charge in [0.15, 0.2) is 0 Å². The number of aromatic nitrogens is 1. The molecule has 0 fully saturated rings. The van der Waals surface area contributed by atoms with Crippen molar-refractivity contribution in [3.8, 4) is 0 Å². The second-order valence-corrected chi connectivity index (χ2v) is 3.85. The Balaban J connectivity index is 2.30. The Morgan fingerprint density at radius 1 is 1.12 bits per heavy atom. The van der Waals surface area contributed by atoms with E-state index in [9.17, 15) is 13.2 Å². The molecule has 1 aromatic heterocycles. The number of halogens is 3. The summed E-state index contributed by atoms with van der Waals surface area (Å²) >= 11 is 0. The molecule has 0 saturated carbocycles. The Bertz CT molecular complexity index is 522. The highest BCUT2D eigenvalue weighted by atomic mass is 19.4. The molecule has 2 nitrogen and oxygen atoms in total. The maximum absolute atomic E-state index is 12.2. The molecule has 0 aliphatic heterocycles. The zero-order valence-corrected chi connectivity index (χ0v) is 8.91. The summed E-state index contributed by atoms with van der Waals surface area (Å²) in [4.78, 5) is 4.13. The van der Waals surface area contributed by atoms with Gasteiger partial charge in [0, 0.05) is 5.39 Å². The van der Waals surface area contributed by atoms with E-state index in [2.05, 4.69) is 4.98 Å². The van der Waals surface area contributed by atoms with Crippen LogP contribution in [0.4, 0.5) is 13.2 Å². The van der Waals surface area contributed by atoms with E-state index in [0.717, 1.165) is 5.39 Å². The molecule has 5 heteroatoms. The van der Waals surface area contributed by atoms with Crippen LogP contribution in [-0.4, -0.2) is 11.2 Å². The molecule has 17 heavy (non-hydrogen) atoms. The number of para-hydroxylation sites is 1. The van der Waals surface area contributed by atoms with Gasteiger partial charge in [0.2, 0.25) is 0 Å². The lowest BCUT2D eigenvalue weighted by atomic mass is 10.1. The smallest absolute Gasteiger partial charge is 0.322 e. The van der Waals surface area contributed by atoms with Gasteiger partial charge in [0.1, 0.15) is 0 Å². The van der Waals surface area contributed by atoms with Crippen LogP contribution < -0.4 is 5.73 Å². The minimum atomic E-state index is -4.27. The summed E-state index contributed by atoms with van der Waals surface area (Å²) in [5.41, 5.74) is 6.41. The highest BCUT2D eigenvalue weighted by Crippen LogP contribution is 2.27. The fraction of sp³-hybridized carbons (Fsp3) is 0.250. The predicted octanol–water partition coefficient (Wildman–Crippen LogP) is 3.19. The van der Waals surface area contributed by atoms with Crippen LogP contribution in [0.3, 0.4) is 0 Å². The normalized spacial score (nSPS) is 13.9. The number of rotatable bonds is 2. The van der Waals surface area contributed by atoms with Gasteiger partial charge in [-0.1, -0.05) is 24.3 Å². The summed E-state index contributed by atoms with van der Waals surface area (Å²) in [7, 11) is 0. The number of pyridine rings is 1. The van der Waals surface area contributed by atoms with Gasteiger partial charge in [0.25, 0.3) is 0 Å². The third kappa shape index (κ3) is 2.94. The van der Waals surface area contributed by atoms with Crippen molar-refractivity contribution in [3.05, 3.63) is 42.1 Å². The van der Waals surface area contributed by atoms with E-state index in [1.165, 1.54) is 0 Å². The molecule has 1 aromatic carbocycles. The Kier molecular flexibility index (Phi) is 3.02. The quantitative estimate of drug-likeness (QED) is 0.875. The van der Waals surface area contributed by atoms with Crippen molar-refractivity contribution in [1.82, 2.24) is 4.98 Å². The second-order valence-electron chi connectivity index (χ2n) is 3.85. The summed E-state index contributed by atoms with van der Waals surface area (Å²) in [6.07, 6.45) is -5.33. The lowest BCUT2D eigenvalue weighted by Crippen LogP contribution is -2.21. The van der Waals surface area contributed by atoms with Crippen molar-refractivity contribution in [2.75, 3.05) is 0 Å². The van der Waals surface area contributed by atoms with Crippen LogP contribution in [0.2, 0.25) is 0 Å². The van der Waals surface area contributed by atoms with Crippen LogP contribution in [0.15, 0.2) is 36.4 Å². The largest absolute Gasteiger partial charge is 0.390 e. The Morgan fingerprint density at radius 3 is 2.53 bits per heavy atom. The third-order valence-electron chi connectivity index (χ3n) is 2.45. The molecule has 0 spiro atoms. The Morgan fingerprint density at radius 2 is 1.82 bits per heavy atom. The van der Waals surface area contributed by atoms with Crippen LogP contribution in [0, 0.1) is 0 Å². The first-order valence-corrected chi connectivity index (χ1v) is 5.14. The summed E-state index contributed by atoms with van der Waals surface area (Å²) in [5, 5.41) is 0.885. The SMILES string of the molecule is NC(CC(F)(F)F)c1ccc2ccccc2n1. The molecule has 2 rings (SSSR count). The van der Waals surface area contributed by atoms with Gasteiger partial charge in [-0.2, -0.15) is 13.2 Å². The summed E-state index contributed by atoms with van der Waals surface area (Å²) in [6, 6.07) is 9.39. The van der Waals surface area contributed by atoms with E-state index in [4.69, 9.17) is 5.73 Å². The van der Waals surface area contributed by atoms with Crippen LogP contribution in [0.5, 0.6) is 0 Å². The standard InChI is InChI=1S/C12H11F3N2/c13-12(14,15)7-9(16)11-6-5-8-3-1-2-4-10(8)17-11/h1-6,9H,7,16H2. The first kappa shape index (κ1) is 11.9. The topological polar surface area (TPSA) is 38.9 Å². The number of nitrogens with two attached hydrogens (primary N) is 1. The van der Waals surface area contributed by atoms with Gasteiger partial charge >= 0.3 is 6.18 Å². The number of alkyl halides is 3. The molecule has 2 N–H and O–H groups in total. The van der Waals surface area contributed by atoms with Crippen LogP contribution in [0.25, 0.3) is 10.9 Å². The average Bonchev–Trinajstić information content (AvgIpc) is 2.26. The van der Waals surface area contributed by atoms with Gasteiger partial charge in [-0.05, 0) is 12.1 Å². The minimum absolute atomic E-state index is 0.265. The van der Waals surface area contributed by atoms with Gasteiger partial charge < -0.3 is 5.73 Å². The molecule has 90 valence electrons. The van der Waals surface area contributed by atoms with Crippen molar-refractivity contribution in [3.63, 3.8) is 0 Å². The number of benzene rings is 1. The molecule has 0 amide bonds. The third-order valence-corrected chi connectivity index (χ3v) is 2.45. The van der Waals surface area contributed by atoms with Crippen LogP contribution in [-0.2, 0) is 0 Å². The summed E-state index contributed by atoms with van der Waals surface area (Å²) < 4.78 is 36.6. The van der Waals surface area contributed by atoms with Crippen molar-refractivity contribution in [2.45, 2.75) is 18.6 Å². The molecule has 1 heterocycles. The maximum Gasteiger partial charge on any atom is 0.390 e. The van der Waals surface area contributed by atoms with Crippen molar-refractivity contribution >= 4 is 10.9 Å². The molecular formula is C12H11F3N2. The van der Waals surface area contributed by atoms with Gasteiger partial charge in [-0.3, -0.25) is 4.98 Å². The summed E-state index contributed by atoms with van der Waals surface area (Å²) in [6.45, 7) is 0. The van der Waals surface area contributed by atoms with Gasteiger partial charge in [0.05, 0.1) is 23.7 Å². The zero-order chi connectivity index (χ0) is 12.5. The lowest BCUT2D eigenvalue weighted by Gasteiger charge is -2.13. The fourth-order valence-electron chi connectivity index (χ4n) is 1.64. The van der Waals surface area contributed by atoms with E-state index in [-0.39, 0.29) is 5.69 Å². The van der Waals surface area contributed by atoms with E-state index in [1.807, 2.05) is 12.1 Å². The Hall–Kier alpha value is -1.62.